The van der Waals surface area contributed by atoms with Crippen LogP contribution in [-0.4, -0.2) is 5.67 Å². The largest absolute Gasteiger partial charge is 0.244 e. The molecule has 1 fully saturated rings. The van der Waals surface area contributed by atoms with E-state index < -0.39 is 5.67 Å². The first-order chi connectivity index (χ1) is 6.68. The van der Waals surface area contributed by atoms with E-state index in [1.54, 1.807) is 0 Å². The van der Waals surface area contributed by atoms with Crippen LogP contribution in [0.4, 0.5) is 4.39 Å². The van der Waals surface area contributed by atoms with Gasteiger partial charge in [0, 0.05) is 10.9 Å². The van der Waals surface area contributed by atoms with Crippen LogP contribution in [0.25, 0.3) is 0 Å². The molecule has 1 aliphatic rings. The molecule has 2 rings (SSSR count). The van der Waals surface area contributed by atoms with Crippen LogP contribution < -0.4 is 0 Å². The number of halogens is 2. The summed E-state index contributed by atoms with van der Waals surface area (Å²) in [4.78, 5) is 0. The molecule has 0 unspecified atom stereocenters. The van der Waals surface area contributed by atoms with Gasteiger partial charge in [0.1, 0.15) is 5.67 Å². The molecule has 0 amide bonds. The highest BCUT2D eigenvalue weighted by Crippen LogP contribution is 2.36. The van der Waals surface area contributed by atoms with Gasteiger partial charge in [-0.05, 0) is 30.5 Å². The van der Waals surface area contributed by atoms with Gasteiger partial charge >= 0.3 is 0 Å². The molecule has 1 aromatic rings. The van der Waals surface area contributed by atoms with E-state index in [9.17, 15) is 4.39 Å². The molecule has 1 aromatic carbocycles. The molecule has 1 saturated carbocycles. The van der Waals surface area contributed by atoms with Gasteiger partial charge in [0.05, 0.1) is 0 Å². The predicted octanol–water partition coefficient (Wildman–Crippen LogP) is 4.27. The van der Waals surface area contributed by atoms with Gasteiger partial charge in [0.25, 0.3) is 0 Å². The third-order valence-corrected chi connectivity index (χ3v) is 3.46. The Morgan fingerprint density at radius 3 is 2.29 bits per heavy atom. The summed E-state index contributed by atoms with van der Waals surface area (Å²) in [6, 6.07) is 7.97. The summed E-state index contributed by atoms with van der Waals surface area (Å²) in [5, 5.41) is 0. The van der Waals surface area contributed by atoms with Crippen LogP contribution >= 0.6 is 15.9 Å². The van der Waals surface area contributed by atoms with E-state index in [1.165, 1.54) is 0 Å². The van der Waals surface area contributed by atoms with Crippen LogP contribution in [0.15, 0.2) is 28.7 Å². The van der Waals surface area contributed by atoms with Crippen LogP contribution in [0.2, 0.25) is 0 Å². The summed E-state index contributed by atoms with van der Waals surface area (Å²) in [6.07, 6.45) is 4.16. The van der Waals surface area contributed by atoms with Gasteiger partial charge in [-0.25, -0.2) is 4.39 Å². The van der Waals surface area contributed by atoms with E-state index in [4.69, 9.17) is 0 Å². The topological polar surface area (TPSA) is 0 Å². The molecule has 2 heteroatoms. The third kappa shape index (κ3) is 2.35. The standard InChI is InChI=1S/C12H14BrF/c13-11-5-3-10(4-6-11)9-12(14)7-1-2-8-12/h3-6H,1-2,7-9H2. The van der Waals surface area contributed by atoms with E-state index in [1.807, 2.05) is 24.3 Å². The molecule has 1 aliphatic carbocycles. The van der Waals surface area contributed by atoms with Gasteiger partial charge in [-0.3, -0.25) is 0 Å². The highest BCUT2D eigenvalue weighted by Gasteiger charge is 2.33. The third-order valence-electron chi connectivity index (χ3n) is 2.93. The lowest BCUT2D eigenvalue weighted by Gasteiger charge is -2.18. The summed E-state index contributed by atoms with van der Waals surface area (Å²) in [6.45, 7) is 0. The van der Waals surface area contributed by atoms with Gasteiger partial charge in [0.2, 0.25) is 0 Å². The molecule has 0 saturated heterocycles. The Labute approximate surface area is 92.6 Å². The first-order valence-electron chi connectivity index (χ1n) is 5.11. The number of benzene rings is 1. The minimum Gasteiger partial charge on any atom is -0.244 e. The summed E-state index contributed by atoms with van der Waals surface area (Å²) >= 11 is 3.38. The minimum absolute atomic E-state index is 0.584. The number of hydrogen-bond donors (Lipinski definition) is 0. The van der Waals surface area contributed by atoms with E-state index in [0.717, 1.165) is 35.7 Å². The van der Waals surface area contributed by atoms with E-state index in [0.29, 0.717) is 6.42 Å². The monoisotopic (exact) mass is 256 g/mol. The van der Waals surface area contributed by atoms with Crippen molar-refractivity contribution in [2.24, 2.45) is 0 Å². The summed E-state index contributed by atoms with van der Waals surface area (Å²) < 4.78 is 15.1. The lowest BCUT2D eigenvalue weighted by atomic mass is 9.95. The van der Waals surface area contributed by atoms with Gasteiger partial charge in [-0.1, -0.05) is 40.9 Å². The van der Waals surface area contributed by atoms with Crippen molar-refractivity contribution in [2.45, 2.75) is 37.8 Å². The van der Waals surface area contributed by atoms with Gasteiger partial charge in [0.15, 0.2) is 0 Å². The zero-order valence-corrected chi connectivity index (χ0v) is 9.69. The maximum absolute atomic E-state index is 14.1. The Hall–Kier alpha value is -0.370. The average molecular weight is 257 g/mol. The van der Waals surface area contributed by atoms with Crippen molar-refractivity contribution in [3.8, 4) is 0 Å². The van der Waals surface area contributed by atoms with Crippen LogP contribution in [0, 0.1) is 0 Å². The predicted molar refractivity (Wildman–Crippen MR) is 60.2 cm³/mol. The van der Waals surface area contributed by atoms with Crippen LogP contribution in [0.1, 0.15) is 31.2 Å². The smallest absolute Gasteiger partial charge is 0.115 e. The maximum atomic E-state index is 14.1. The molecule has 0 aromatic heterocycles. The van der Waals surface area contributed by atoms with Crippen molar-refractivity contribution in [1.29, 1.82) is 0 Å². The first kappa shape index (κ1) is 10.2. The van der Waals surface area contributed by atoms with Crippen molar-refractivity contribution in [3.63, 3.8) is 0 Å². The van der Waals surface area contributed by atoms with Gasteiger partial charge in [-0.2, -0.15) is 0 Å². The first-order valence-corrected chi connectivity index (χ1v) is 5.91. The van der Waals surface area contributed by atoms with E-state index in [2.05, 4.69) is 15.9 Å². The Balaban J connectivity index is 2.06. The molecule has 0 nitrogen and oxygen atoms in total. The highest BCUT2D eigenvalue weighted by molar-refractivity contribution is 9.10. The molecule has 0 atom stereocenters. The summed E-state index contributed by atoms with van der Waals surface area (Å²) in [7, 11) is 0. The Kier molecular flexibility index (Phi) is 2.91. The molecule has 76 valence electrons. The Morgan fingerprint density at radius 1 is 1.14 bits per heavy atom. The number of hydrogen-bond acceptors (Lipinski definition) is 0. The van der Waals surface area contributed by atoms with Crippen molar-refractivity contribution in [3.05, 3.63) is 34.3 Å². The summed E-state index contributed by atoms with van der Waals surface area (Å²) in [5.41, 5.74) is 0.186. The zero-order chi connectivity index (χ0) is 10.0. The highest BCUT2D eigenvalue weighted by atomic mass is 79.9. The molecular formula is C12H14BrF. The fourth-order valence-corrected chi connectivity index (χ4v) is 2.42. The lowest BCUT2D eigenvalue weighted by molar-refractivity contribution is 0.173. The van der Waals surface area contributed by atoms with Crippen molar-refractivity contribution in [1.82, 2.24) is 0 Å². The molecule has 14 heavy (non-hydrogen) atoms. The second-order valence-corrected chi connectivity index (χ2v) is 5.08. The molecule has 0 aliphatic heterocycles. The SMILES string of the molecule is FC1(Cc2ccc(Br)cc2)CCCC1. The molecule has 0 spiro atoms. The van der Waals surface area contributed by atoms with Gasteiger partial charge in [-0.15, -0.1) is 0 Å². The fourth-order valence-electron chi connectivity index (χ4n) is 2.15. The molecule has 0 radical (unpaired) electrons. The molecule has 0 heterocycles. The Morgan fingerprint density at radius 2 is 1.71 bits per heavy atom. The Bertz CT molecular complexity index is 299. The minimum atomic E-state index is -0.923. The van der Waals surface area contributed by atoms with Crippen molar-refractivity contribution < 1.29 is 4.39 Å². The number of rotatable bonds is 2. The second kappa shape index (κ2) is 4.01. The maximum Gasteiger partial charge on any atom is 0.115 e. The van der Waals surface area contributed by atoms with E-state index >= 15 is 0 Å². The fraction of sp³-hybridized carbons (Fsp3) is 0.500. The van der Waals surface area contributed by atoms with Crippen LogP contribution in [-0.2, 0) is 6.42 Å². The molecular weight excluding hydrogens is 243 g/mol. The van der Waals surface area contributed by atoms with E-state index in [-0.39, 0.29) is 0 Å². The molecule has 0 bridgehead atoms. The van der Waals surface area contributed by atoms with Crippen molar-refractivity contribution in [2.75, 3.05) is 0 Å². The zero-order valence-electron chi connectivity index (χ0n) is 8.10. The average Bonchev–Trinajstić information content (AvgIpc) is 2.57. The molecule has 0 N–H and O–H groups in total. The van der Waals surface area contributed by atoms with Crippen molar-refractivity contribution >= 4 is 15.9 Å². The van der Waals surface area contributed by atoms with Gasteiger partial charge < -0.3 is 0 Å². The van der Waals surface area contributed by atoms with Crippen LogP contribution in [0.5, 0.6) is 0 Å². The lowest BCUT2D eigenvalue weighted by Crippen LogP contribution is -2.20. The van der Waals surface area contributed by atoms with Crippen LogP contribution in [0.3, 0.4) is 0 Å². The second-order valence-electron chi connectivity index (χ2n) is 4.16. The quantitative estimate of drug-likeness (QED) is 0.742. The normalized spacial score (nSPS) is 19.9. The number of alkyl halides is 1. The summed E-state index contributed by atoms with van der Waals surface area (Å²) in [5.74, 6) is 0.